The van der Waals surface area contributed by atoms with Crippen molar-refractivity contribution in [3.05, 3.63) is 163 Å². The Morgan fingerprint density at radius 1 is 0.400 bits per heavy atom. The van der Waals surface area contributed by atoms with Gasteiger partial charge in [-0.25, -0.2) is 0 Å². The molecule has 7 rings (SSSR count). The van der Waals surface area contributed by atoms with Crippen LogP contribution in [-0.4, -0.2) is 8.07 Å². The summed E-state index contributed by atoms with van der Waals surface area (Å²) in [5.41, 5.74) is 2.16. The predicted octanol–water partition coefficient (Wildman–Crippen LogP) is 7.65. The highest BCUT2D eigenvalue weighted by Crippen LogP contribution is 2.29. The molecule has 1 heteroatoms. The van der Waals surface area contributed by atoms with Crippen LogP contribution in [0.4, 0.5) is 0 Å². The highest BCUT2D eigenvalue weighted by Gasteiger charge is 2.37. The van der Waals surface area contributed by atoms with Crippen molar-refractivity contribution in [1.29, 1.82) is 0 Å². The summed E-state index contributed by atoms with van der Waals surface area (Å²) in [4.78, 5) is 0. The lowest BCUT2D eigenvalue weighted by molar-refractivity contribution is 1.68. The Labute approximate surface area is 236 Å². The van der Waals surface area contributed by atoms with Gasteiger partial charge >= 0.3 is 0 Å². The molecule has 0 fully saturated rings. The van der Waals surface area contributed by atoms with Crippen LogP contribution in [0.1, 0.15) is 11.1 Å². The third-order valence-electron chi connectivity index (χ3n) is 8.25. The van der Waals surface area contributed by atoms with Gasteiger partial charge in [0.15, 0.2) is 0 Å². The minimum absolute atomic E-state index is 1.06. The number of fused-ring (bicyclic) bond motifs is 3. The monoisotopic (exact) mass is 524 g/mol. The van der Waals surface area contributed by atoms with Crippen molar-refractivity contribution < 1.29 is 0 Å². The molecule has 0 aliphatic carbocycles. The van der Waals surface area contributed by atoms with Gasteiger partial charge in [0.1, 0.15) is 8.07 Å². The first kappa shape index (κ1) is 24.2. The molecule has 40 heavy (non-hydrogen) atoms. The van der Waals surface area contributed by atoms with E-state index in [2.05, 4.69) is 170 Å². The van der Waals surface area contributed by atoms with Crippen LogP contribution in [0.15, 0.2) is 152 Å². The summed E-state index contributed by atoms with van der Waals surface area (Å²) < 4.78 is 0. The minimum Gasteiger partial charge on any atom is -0.0624 e. The fourth-order valence-electron chi connectivity index (χ4n) is 6.26. The second-order valence-electron chi connectivity index (χ2n) is 10.5. The molecule has 0 spiro atoms. The maximum atomic E-state index is 3.66. The molecule has 0 atom stereocenters. The highest BCUT2D eigenvalue weighted by atomic mass is 28.3. The molecular formula is C39H28Si. The molecule has 0 bridgehead atoms. The number of hydrogen-bond acceptors (Lipinski definition) is 0. The van der Waals surface area contributed by atoms with Gasteiger partial charge in [-0.1, -0.05) is 164 Å². The average molecular weight is 525 g/mol. The Kier molecular flexibility index (Phi) is 6.04. The topological polar surface area (TPSA) is 0 Å². The van der Waals surface area contributed by atoms with E-state index >= 15 is 0 Å². The molecule has 0 amide bonds. The second-order valence-corrected chi connectivity index (χ2v) is 14.4. The first-order chi connectivity index (χ1) is 19.7. The Morgan fingerprint density at radius 3 is 1.43 bits per heavy atom. The predicted molar refractivity (Wildman–Crippen MR) is 175 cm³/mol. The van der Waals surface area contributed by atoms with Crippen molar-refractivity contribution in [1.82, 2.24) is 0 Å². The Morgan fingerprint density at radius 2 is 0.850 bits per heavy atom. The number of rotatable bonds is 3. The van der Waals surface area contributed by atoms with Gasteiger partial charge in [0.05, 0.1) is 0 Å². The summed E-state index contributed by atoms with van der Waals surface area (Å²) in [6.07, 6.45) is 0. The largest absolute Gasteiger partial charge is 0.147 e. The zero-order valence-electron chi connectivity index (χ0n) is 22.4. The third-order valence-corrected chi connectivity index (χ3v) is 12.8. The van der Waals surface area contributed by atoms with E-state index in [4.69, 9.17) is 0 Å². The van der Waals surface area contributed by atoms with Gasteiger partial charge in [-0.15, -0.1) is 0 Å². The van der Waals surface area contributed by atoms with Crippen LogP contribution in [0.3, 0.4) is 0 Å². The van der Waals surface area contributed by atoms with Crippen LogP contribution in [0.2, 0.25) is 6.55 Å². The van der Waals surface area contributed by atoms with Crippen molar-refractivity contribution >= 4 is 56.0 Å². The molecule has 0 unspecified atom stereocenters. The van der Waals surface area contributed by atoms with Gasteiger partial charge in [0, 0.05) is 11.1 Å². The molecule has 7 aromatic rings. The van der Waals surface area contributed by atoms with E-state index in [9.17, 15) is 0 Å². The van der Waals surface area contributed by atoms with Crippen LogP contribution in [-0.2, 0) is 0 Å². The average Bonchev–Trinajstić information content (AvgIpc) is 3.03. The van der Waals surface area contributed by atoms with Gasteiger partial charge < -0.3 is 0 Å². The lowest BCUT2D eigenvalue weighted by atomic mass is 9.96. The first-order valence-electron chi connectivity index (χ1n) is 13.8. The van der Waals surface area contributed by atoms with E-state index in [1.54, 1.807) is 0 Å². The van der Waals surface area contributed by atoms with Gasteiger partial charge in [0.25, 0.3) is 0 Å². The van der Waals surface area contributed by atoms with Crippen molar-refractivity contribution in [3.63, 3.8) is 0 Å². The van der Waals surface area contributed by atoms with Crippen LogP contribution in [0.25, 0.3) is 32.3 Å². The van der Waals surface area contributed by atoms with Crippen LogP contribution in [0, 0.1) is 11.8 Å². The molecule has 0 heterocycles. The van der Waals surface area contributed by atoms with Crippen LogP contribution >= 0.6 is 0 Å². The molecule has 0 aromatic heterocycles. The fourth-order valence-corrected chi connectivity index (χ4v) is 10.4. The number of benzene rings is 7. The quantitative estimate of drug-likeness (QED) is 0.0964. The minimum atomic E-state index is -2.40. The molecule has 0 radical (unpaired) electrons. The zero-order valence-corrected chi connectivity index (χ0v) is 23.4. The summed E-state index contributed by atoms with van der Waals surface area (Å²) >= 11 is 0. The molecule has 188 valence electrons. The van der Waals surface area contributed by atoms with Crippen molar-refractivity contribution in [3.8, 4) is 11.8 Å². The molecule has 0 aliphatic rings. The maximum Gasteiger partial charge on any atom is 0.147 e. The number of hydrogen-bond donors (Lipinski definition) is 0. The standard InChI is InChI=1S/C39H28Si/c1-40(31-18-4-2-5-19-31,32-20-6-3-7-21-32)39-37-25-12-10-23-34(37)36(35-24-11-13-26-38(35)39)28-27-30-17-14-16-29-15-8-9-22-33(29)30/h2-26H,1H3. The molecular weight excluding hydrogens is 497 g/mol. The first-order valence-corrected chi connectivity index (χ1v) is 16.3. The van der Waals surface area contributed by atoms with Crippen LogP contribution < -0.4 is 15.6 Å². The van der Waals surface area contributed by atoms with E-state index in [0.717, 1.165) is 11.1 Å². The van der Waals surface area contributed by atoms with E-state index < -0.39 is 8.07 Å². The summed E-state index contributed by atoms with van der Waals surface area (Å²) in [6, 6.07) is 54.8. The summed E-state index contributed by atoms with van der Waals surface area (Å²) in [6.45, 7) is 2.51. The van der Waals surface area contributed by atoms with Gasteiger partial charge in [-0.3, -0.25) is 0 Å². The van der Waals surface area contributed by atoms with E-state index in [1.807, 2.05) is 0 Å². The van der Waals surface area contributed by atoms with E-state index in [0.29, 0.717) is 0 Å². The lowest BCUT2D eigenvalue weighted by Gasteiger charge is -2.32. The van der Waals surface area contributed by atoms with Gasteiger partial charge in [-0.05, 0) is 53.9 Å². The van der Waals surface area contributed by atoms with Gasteiger partial charge in [0.2, 0.25) is 0 Å². The van der Waals surface area contributed by atoms with E-state index in [-0.39, 0.29) is 0 Å². The SMILES string of the molecule is C[Si](c1ccccc1)(c1ccccc1)c1c2ccccc2c(C#Cc2cccc3ccccc23)c2ccccc12. The third kappa shape index (κ3) is 3.93. The molecule has 0 aliphatic heterocycles. The molecule has 0 saturated carbocycles. The molecule has 0 N–H and O–H groups in total. The lowest BCUT2D eigenvalue weighted by Crippen LogP contribution is -2.65. The second kappa shape index (κ2) is 10.0. The molecule has 7 aromatic carbocycles. The van der Waals surface area contributed by atoms with Crippen molar-refractivity contribution in [2.24, 2.45) is 0 Å². The maximum absolute atomic E-state index is 3.66. The Hall–Kier alpha value is -4.90. The normalized spacial score (nSPS) is 11.4. The molecule has 0 saturated heterocycles. The summed E-state index contributed by atoms with van der Waals surface area (Å²) in [5.74, 6) is 7.23. The molecule has 0 nitrogen and oxygen atoms in total. The van der Waals surface area contributed by atoms with Crippen LogP contribution in [0.5, 0.6) is 0 Å². The summed E-state index contributed by atoms with van der Waals surface area (Å²) in [5, 5.41) is 11.7. The van der Waals surface area contributed by atoms with Crippen molar-refractivity contribution in [2.45, 2.75) is 6.55 Å². The summed E-state index contributed by atoms with van der Waals surface area (Å²) in [7, 11) is -2.40. The van der Waals surface area contributed by atoms with Gasteiger partial charge in [-0.2, -0.15) is 0 Å². The smallest absolute Gasteiger partial charge is 0.0624 e. The van der Waals surface area contributed by atoms with E-state index in [1.165, 1.54) is 47.9 Å². The Bertz CT molecular complexity index is 1960. The fraction of sp³-hybridized carbons (Fsp3) is 0.0256. The highest BCUT2D eigenvalue weighted by molar-refractivity contribution is 7.12. The zero-order chi connectivity index (χ0) is 26.9. The Balaban J connectivity index is 1.58. The van der Waals surface area contributed by atoms with Crippen molar-refractivity contribution in [2.75, 3.05) is 0 Å².